The maximum atomic E-state index is 11.6. The van der Waals surface area contributed by atoms with E-state index in [1.165, 1.54) is 29.3 Å². The minimum absolute atomic E-state index is 0.0371. The number of methoxy groups -OCH3 is 1. The summed E-state index contributed by atoms with van der Waals surface area (Å²) < 4.78 is 18.9. The fourth-order valence-electron chi connectivity index (χ4n) is 4.45. The zero-order valence-electron chi connectivity index (χ0n) is 18.9. The van der Waals surface area contributed by atoms with Gasteiger partial charge in [0.25, 0.3) is 0 Å². The summed E-state index contributed by atoms with van der Waals surface area (Å²) in [6, 6.07) is 25.1. The van der Waals surface area contributed by atoms with E-state index in [4.69, 9.17) is 14.2 Å². The van der Waals surface area contributed by atoms with Gasteiger partial charge >= 0.3 is 5.97 Å². The average Bonchev–Trinajstić information content (AvgIpc) is 3.38. The van der Waals surface area contributed by atoms with Crippen LogP contribution >= 0.6 is 0 Å². The molecule has 33 heavy (non-hydrogen) atoms. The van der Waals surface area contributed by atoms with Crippen LogP contribution in [0.3, 0.4) is 0 Å². The second-order valence-electron chi connectivity index (χ2n) is 8.52. The molecule has 168 valence electrons. The number of ether oxygens (including phenoxy) is 3. The molecule has 0 bridgehead atoms. The summed E-state index contributed by atoms with van der Waals surface area (Å²) in [5.41, 5.74) is 5.92. The molecule has 1 aliphatic rings. The number of hydrogen-bond acceptors (Lipinski definition) is 4. The number of aryl methyl sites for hydroxylation is 1. The summed E-state index contributed by atoms with van der Waals surface area (Å²) in [4.78, 5) is 11.6. The molecule has 4 aromatic rings. The molecule has 0 aliphatic carbocycles. The summed E-state index contributed by atoms with van der Waals surface area (Å²) >= 11 is 0. The first-order chi connectivity index (χ1) is 16.1. The lowest BCUT2D eigenvalue weighted by molar-refractivity contribution is -0.141. The fourth-order valence-corrected chi connectivity index (χ4v) is 4.45. The Hall–Kier alpha value is -3.73. The molecule has 1 aromatic heterocycles. The van der Waals surface area contributed by atoms with Crippen molar-refractivity contribution in [1.82, 2.24) is 4.57 Å². The molecule has 0 radical (unpaired) electrons. The SMILES string of the molecule is COC(=O)CC1COc2cc(OCc3ccc(Cn4c(C)cc5ccccc54)cc3)ccc21. The highest BCUT2D eigenvalue weighted by Gasteiger charge is 2.27. The Labute approximate surface area is 193 Å². The molecular weight excluding hydrogens is 414 g/mol. The molecule has 0 saturated carbocycles. The first kappa shape index (κ1) is 21.1. The summed E-state index contributed by atoms with van der Waals surface area (Å²) in [7, 11) is 1.41. The third-order valence-electron chi connectivity index (χ3n) is 6.29. The number of carbonyl (C=O) groups is 1. The Morgan fingerprint density at radius 3 is 2.64 bits per heavy atom. The van der Waals surface area contributed by atoms with Crippen LogP contribution in [0, 0.1) is 6.92 Å². The molecule has 1 atom stereocenters. The molecule has 0 fully saturated rings. The Morgan fingerprint density at radius 2 is 1.82 bits per heavy atom. The van der Waals surface area contributed by atoms with Gasteiger partial charge in [0.2, 0.25) is 0 Å². The average molecular weight is 442 g/mol. The summed E-state index contributed by atoms with van der Waals surface area (Å²) in [5.74, 6) is 1.35. The number of esters is 1. The van der Waals surface area contributed by atoms with E-state index >= 15 is 0 Å². The number of rotatable bonds is 7. The van der Waals surface area contributed by atoms with Gasteiger partial charge in [0, 0.05) is 35.3 Å². The lowest BCUT2D eigenvalue weighted by Gasteiger charge is -2.11. The Morgan fingerprint density at radius 1 is 1.03 bits per heavy atom. The van der Waals surface area contributed by atoms with Gasteiger partial charge in [-0.05, 0) is 41.6 Å². The molecule has 3 aromatic carbocycles. The van der Waals surface area contributed by atoms with Gasteiger partial charge in [-0.3, -0.25) is 4.79 Å². The smallest absolute Gasteiger partial charge is 0.306 e. The molecule has 0 amide bonds. The third-order valence-corrected chi connectivity index (χ3v) is 6.29. The van der Waals surface area contributed by atoms with Crippen LogP contribution in [-0.4, -0.2) is 24.3 Å². The molecule has 0 saturated heterocycles. The van der Waals surface area contributed by atoms with Crippen LogP contribution in [-0.2, 0) is 22.7 Å². The van der Waals surface area contributed by atoms with Crippen LogP contribution in [0.25, 0.3) is 10.9 Å². The van der Waals surface area contributed by atoms with Crippen LogP contribution in [0.1, 0.15) is 34.7 Å². The fraction of sp³-hybridized carbons (Fsp3) is 0.250. The molecule has 0 spiro atoms. The van der Waals surface area contributed by atoms with E-state index in [2.05, 4.69) is 66.1 Å². The van der Waals surface area contributed by atoms with Crippen LogP contribution in [0.5, 0.6) is 11.5 Å². The molecule has 1 aliphatic heterocycles. The number of carbonyl (C=O) groups excluding carboxylic acids is 1. The van der Waals surface area contributed by atoms with Gasteiger partial charge in [-0.25, -0.2) is 0 Å². The number of hydrogen-bond donors (Lipinski definition) is 0. The minimum Gasteiger partial charge on any atom is -0.492 e. The highest BCUT2D eigenvalue weighted by molar-refractivity contribution is 5.81. The van der Waals surface area contributed by atoms with Crippen molar-refractivity contribution in [2.75, 3.05) is 13.7 Å². The Kier molecular flexibility index (Phi) is 5.78. The van der Waals surface area contributed by atoms with Crippen molar-refractivity contribution in [2.24, 2.45) is 0 Å². The second kappa shape index (κ2) is 9.02. The van der Waals surface area contributed by atoms with Crippen molar-refractivity contribution in [3.05, 3.63) is 95.2 Å². The minimum atomic E-state index is -0.222. The standard InChI is InChI=1S/C28H27NO4/c1-19-13-22-5-3-4-6-26(22)29(19)16-20-7-9-21(10-8-20)17-32-24-11-12-25-23(14-28(30)31-2)18-33-27(25)15-24/h3-13,15,23H,14,16-18H2,1-2H3. The number of aromatic nitrogens is 1. The number of fused-ring (bicyclic) bond motifs is 2. The largest absolute Gasteiger partial charge is 0.492 e. The molecular formula is C28H27NO4. The topological polar surface area (TPSA) is 49.7 Å². The van der Waals surface area contributed by atoms with Crippen molar-refractivity contribution in [3.63, 3.8) is 0 Å². The van der Waals surface area contributed by atoms with Crippen LogP contribution in [0.15, 0.2) is 72.8 Å². The van der Waals surface area contributed by atoms with Gasteiger partial charge in [0.1, 0.15) is 18.1 Å². The summed E-state index contributed by atoms with van der Waals surface area (Å²) in [6.07, 6.45) is 0.328. The highest BCUT2D eigenvalue weighted by atomic mass is 16.5. The molecule has 0 N–H and O–H groups in total. The molecule has 2 heterocycles. The van der Waals surface area contributed by atoms with Crippen LogP contribution < -0.4 is 9.47 Å². The van der Waals surface area contributed by atoms with E-state index in [0.717, 1.165) is 29.2 Å². The first-order valence-electron chi connectivity index (χ1n) is 11.2. The molecule has 5 nitrogen and oxygen atoms in total. The second-order valence-corrected chi connectivity index (χ2v) is 8.52. The lowest BCUT2D eigenvalue weighted by atomic mass is 9.98. The van der Waals surface area contributed by atoms with Crippen molar-refractivity contribution in [3.8, 4) is 11.5 Å². The van der Waals surface area contributed by atoms with Gasteiger partial charge in [-0.1, -0.05) is 48.5 Å². The van der Waals surface area contributed by atoms with E-state index in [9.17, 15) is 4.79 Å². The predicted octanol–water partition coefficient (Wildman–Crippen LogP) is 5.62. The normalized spacial score (nSPS) is 14.7. The van der Waals surface area contributed by atoms with E-state index in [-0.39, 0.29) is 11.9 Å². The Balaban J connectivity index is 1.22. The zero-order chi connectivity index (χ0) is 22.8. The quantitative estimate of drug-likeness (QED) is 0.350. The highest BCUT2D eigenvalue weighted by Crippen LogP contribution is 2.38. The Bertz CT molecular complexity index is 1290. The monoisotopic (exact) mass is 441 g/mol. The van der Waals surface area contributed by atoms with Crippen molar-refractivity contribution < 1.29 is 19.0 Å². The predicted molar refractivity (Wildman–Crippen MR) is 128 cm³/mol. The number of benzene rings is 3. The lowest BCUT2D eigenvalue weighted by Crippen LogP contribution is -2.09. The van der Waals surface area contributed by atoms with E-state index < -0.39 is 0 Å². The van der Waals surface area contributed by atoms with E-state index in [0.29, 0.717) is 19.6 Å². The molecule has 5 heteroatoms. The van der Waals surface area contributed by atoms with Gasteiger partial charge in [0.15, 0.2) is 0 Å². The van der Waals surface area contributed by atoms with Crippen LogP contribution in [0.4, 0.5) is 0 Å². The van der Waals surface area contributed by atoms with Crippen molar-refractivity contribution in [2.45, 2.75) is 32.4 Å². The maximum absolute atomic E-state index is 11.6. The third kappa shape index (κ3) is 4.44. The van der Waals surface area contributed by atoms with Gasteiger partial charge in [0.05, 0.1) is 20.1 Å². The van der Waals surface area contributed by atoms with Crippen molar-refractivity contribution >= 4 is 16.9 Å². The summed E-state index contributed by atoms with van der Waals surface area (Å²) in [6.45, 7) is 3.97. The van der Waals surface area contributed by atoms with Gasteiger partial charge in [-0.2, -0.15) is 0 Å². The zero-order valence-corrected chi connectivity index (χ0v) is 18.9. The van der Waals surface area contributed by atoms with Gasteiger partial charge < -0.3 is 18.8 Å². The van der Waals surface area contributed by atoms with Crippen molar-refractivity contribution in [1.29, 1.82) is 0 Å². The van der Waals surface area contributed by atoms with E-state index in [1.54, 1.807) is 0 Å². The summed E-state index contributed by atoms with van der Waals surface area (Å²) in [5, 5.41) is 1.27. The first-order valence-corrected chi connectivity index (χ1v) is 11.2. The molecule has 5 rings (SSSR count). The van der Waals surface area contributed by atoms with Crippen LogP contribution in [0.2, 0.25) is 0 Å². The molecule has 1 unspecified atom stereocenters. The maximum Gasteiger partial charge on any atom is 0.306 e. The number of nitrogens with zero attached hydrogens (tertiary/aromatic N) is 1. The van der Waals surface area contributed by atoms with Gasteiger partial charge in [-0.15, -0.1) is 0 Å². The number of para-hydroxylation sites is 1. The van der Waals surface area contributed by atoms with E-state index in [1.807, 2.05) is 18.2 Å².